The smallest absolute Gasteiger partial charge is 0.259 e. The standard InChI is InChI=1S/C12H11BrFN3O.ClH/c13-9-6-7(14)2-3-8(9)10-16-11(17-18-10)12(15)4-1-5-12;/h2-3,6H,1,4-5,15H2;1H. The van der Waals surface area contributed by atoms with Crippen LogP contribution in [-0.4, -0.2) is 10.1 Å². The van der Waals surface area contributed by atoms with Crippen LogP contribution in [0.25, 0.3) is 11.5 Å². The van der Waals surface area contributed by atoms with Crippen LogP contribution in [-0.2, 0) is 5.54 Å². The minimum Gasteiger partial charge on any atom is -0.334 e. The van der Waals surface area contributed by atoms with E-state index < -0.39 is 5.54 Å². The van der Waals surface area contributed by atoms with Gasteiger partial charge in [-0.05, 0) is 53.4 Å². The zero-order valence-corrected chi connectivity index (χ0v) is 12.3. The average molecular weight is 349 g/mol. The van der Waals surface area contributed by atoms with Gasteiger partial charge in [0.25, 0.3) is 5.89 Å². The Morgan fingerprint density at radius 2 is 2.11 bits per heavy atom. The SMILES string of the molecule is Cl.NC1(c2noc(-c3ccc(F)cc3Br)n2)CCC1. The van der Waals surface area contributed by atoms with E-state index in [1.54, 1.807) is 6.07 Å². The van der Waals surface area contributed by atoms with Crippen molar-refractivity contribution in [2.75, 3.05) is 0 Å². The van der Waals surface area contributed by atoms with Crippen LogP contribution in [0.4, 0.5) is 4.39 Å². The summed E-state index contributed by atoms with van der Waals surface area (Å²) in [6.07, 6.45) is 2.83. The number of hydrogen-bond acceptors (Lipinski definition) is 4. The molecule has 0 bridgehead atoms. The first-order chi connectivity index (χ1) is 8.58. The molecule has 1 aromatic heterocycles. The second-order valence-electron chi connectivity index (χ2n) is 4.56. The van der Waals surface area contributed by atoms with Crippen molar-refractivity contribution < 1.29 is 8.91 Å². The predicted octanol–water partition coefficient (Wildman–Crippen LogP) is 3.40. The van der Waals surface area contributed by atoms with Gasteiger partial charge in [0.15, 0.2) is 5.82 Å². The van der Waals surface area contributed by atoms with Gasteiger partial charge in [-0.2, -0.15) is 4.98 Å². The van der Waals surface area contributed by atoms with Crippen molar-refractivity contribution in [3.8, 4) is 11.5 Å². The number of nitrogens with zero attached hydrogens (tertiary/aromatic N) is 2. The van der Waals surface area contributed by atoms with Gasteiger partial charge in [0.1, 0.15) is 5.82 Å². The molecule has 1 aromatic carbocycles. The molecule has 1 aliphatic carbocycles. The number of benzene rings is 1. The van der Waals surface area contributed by atoms with Gasteiger partial charge in [0, 0.05) is 4.47 Å². The van der Waals surface area contributed by atoms with Crippen LogP contribution in [0.5, 0.6) is 0 Å². The van der Waals surface area contributed by atoms with Crippen molar-refractivity contribution in [2.24, 2.45) is 5.73 Å². The quantitative estimate of drug-likeness (QED) is 0.903. The molecule has 3 rings (SSSR count). The van der Waals surface area contributed by atoms with Crippen molar-refractivity contribution in [1.82, 2.24) is 10.1 Å². The van der Waals surface area contributed by atoms with Gasteiger partial charge in [-0.1, -0.05) is 5.16 Å². The molecule has 0 spiro atoms. The minimum absolute atomic E-state index is 0. The molecule has 1 heterocycles. The molecule has 1 saturated carbocycles. The van der Waals surface area contributed by atoms with Crippen molar-refractivity contribution >= 4 is 28.3 Å². The van der Waals surface area contributed by atoms with Crippen LogP contribution < -0.4 is 5.73 Å². The first kappa shape index (κ1) is 14.4. The Hall–Kier alpha value is -0.980. The second-order valence-corrected chi connectivity index (χ2v) is 5.41. The molecule has 0 saturated heterocycles. The molecule has 0 radical (unpaired) electrons. The zero-order valence-electron chi connectivity index (χ0n) is 9.90. The lowest BCUT2D eigenvalue weighted by molar-refractivity contribution is 0.229. The van der Waals surface area contributed by atoms with Crippen LogP contribution in [0.1, 0.15) is 25.1 Å². The second kappa shape index (κ2) is 5.19. The number of rotatable bonds is 2. The summed E-state index contributed by atoms with van der Waals surface area (Å²) >= 11 is 3.28. The topological polar surface area (TPSA) is 64.9 Å². The number of aromatic nitrogens is 2. The molecular formula is C12H12BrClFN3O. The van der Waals surface area contributed by atoms with Gasteiger partial charge in [0.05, 0.1) is 11.1 Å². The van der Waals surface area contributed by atoms with E-state index >= 15 is 0 Å². The third kappa shape index (κ3) is 2.52. The number of halogens is 3. The largest absolute Gasteiger partial charge is 0.334 e. The first-order valence-corrected chi connectivity index (χ1v) is 6.46. The highest BCUT2D eigenvalue weighted by Crippen LogP contribution is 2.38. The Morgan fingerprint density at radius 1 is 1.37 bits per heavy atom. The summed E-state index contributed by atoms with van der Waals surface area (Å²) in [5, 5.41) is 3.92. The van der Waals surface area contributed by atoms with Gasteiger partial charge in [-0.3, -0.25) is 0 Å². The van der Waals surface area contributed by atoms with E-state index in [0.29, 0.717) is 21.8 Å². The van der Waals surface area contributed by atoms with Gasteiger partial charge in [-0.15, -0.1) is 12.4 Å². The number of hydrogen-bond donors (Lipinski definition) is 1. The lowest BCUT2D eigenvalue weighted by Gasteiger charge is -2.34. The van der Waals surface area contributed by atoms with Crippen LogP contribution in [0.15, 0.2) is 27.2 Å². The molecule has 1 aliphatic rings. The van der Waals surface area contributed by atoms with E-state index in [0.717, 1.165) is 19.3 Å². The molecule has 1 fully saturated rings. The fourth-order valence-corrected chi connectivity index (χ4v) is 2.50. The highest BCUT2D eigenvalue weighted by atomic mass is 79.9. The van der Waals surface area contributed by atoms with Gasteiger partial charge in [-0.25, -0.2) is 4.39 Å². The lowest BCUT2D eigenvalue weighted by Crippen LogP contribution is -2.44. The van der Waals surface area contributed by atoms with E-state index in [1.807, 2.05) is 0 Å². The summed E-state index contributed by atoms with van der Waals surface area (Å²) < 4.78 is 18.8. The summed E-state index contributed by atoms with van der Waals surface area (Å²) in [7, 11) is 0. The van der Waals surface area contributed by atoms with Gasteiger partial charge >= 0.3 is 0 Å². The Bertz CT molecular complexity index is 600. The van der Waals surface area contributed by atoms with Crippen molar-refractivity contribution in [3.05, 3.63) is 34.3 Å². The maximum atomic E-state index is 13.0. The molecule has 7 heteroatoms. The predicted molar refractivity (Wildman–Crippen MR) is 74.4 cm³/mol. The fourth-order valence-electron chi connectivity index (χ4n) is 1.98. The van der Waals surface area contributed by atoms with Crippen LogP contribution in [0.3, 0.4) is 0 Å². The summed E-state index contributed by atoms with van der Waals surface area (Å²) in [5.41, 5.74) is 6.34. The highest BCUT2D eigenvalue weighted by Gasteiger charge is 2.39. The van der Waals surface area contributed by atoms with Gasteiger partial charge < -0.3 is 10.3 Å². The van der Waals surface area contributed by atoms with Crippen LogP contribution in [0.2, 0.25) is 0 Å². The molecule has 2 aromatic rings. The summed E-state index contributed by atoms with van der Waals surface area (Å²) in [6.45, 7) is 0. The molecule has 0 unspecified atom stereocenters. The normalized spacial score (nSPS) is 16.6. The monoisotopic (exact) mass is 347 g/mol. The van der Waals surface area contributed by atoms with E-state index in [2.05, 4.69) is 26.1 Å². The van der Waals surface area contributed by atoms with E-state index in [4.69, 9.17) is 10.3 Å². The first-order valence-electron chi connectivity index (χ1n) is 5.67. The van der Waals surface area contributed by atoms with Crippen molar-refractivity contribution in [2.45, 2.75) is 24.8 Å². The average Bonchev–Trinajstić information content (AvgIpc) is 2.75. The molecule has 19 heavy (non-hydrogen) atoms. The molecule has 2 N–H and O–H groups in total. The molecule has 0 aliphatic heterocycles. The number of nitrogens with two attached hydrogens (primary N) is 1. The Balaban J connectivity index is 0.00000133. The Labute approximate surface area is 124 Å². The maximum absolute atomic E-state index is 13.0. The van der Waals surface area contributed by atoms with Crippen molar-refractivity contribution in [1.29, 1.82) is 0 Å². The maximum Gasteiger partial charge on any atom is 0.259 e. The highest BCUT2D eigenvalue weighted by molar-refractivity contribution is 9.10. The van der Waals surface area contributed by atoms with E-state index in [1.165, 1.54) is 12.1 Å². The fraction of sp³-hybridized carbons (Fsp3) is 0.333. The Kier molecular flexibility index (Phi) is 3.94. The van der Waals surface area contributed by atoms with Gasteiger partial charge in [0.2, 0.25) is 0 Å². The third-order valence-electron chi connectivity index (χ3n) is 3.28. The molecule has 4 nitrogen and oxygen atoms in total. The summed E-state index contributed by atoms with van der Waals surface area (Å²) in [6, 6.07) is 4.31. The lowest BCUT2D eigenvalue weighted by atomic mass is 9.77. The van der Waals surface area contributed by atoms with E-state index in [9.17, 15) is 4.39 Å². The van der Waals surface area contributed by atoms with Crippen molar-refractivity contribution in [3.63, 3.8) is 0 Å². The molecule has 0 amide bonds. The minimum atomic E-state index is -0.450. The zero-order chi connectivity index (χ0) is 12.8. The van der Waals surface area contributed by atoms with E-state index in [-0.39, 0.29) is 18.2 Å². The molecule has 102 valence electrons. The molecule has 0 atom stereocenters. The molecular weight excluding hydrogens is 337 g/mol. The third-order valence-corrected chi connectivity index (χ3v) is 3.93. The Morgan fingerprint density at radius 3 is 2.68 bits per heavy atom. The summed E-state index contributed by atoms with van der Waals surface area (Å²) in [5.74, 6) is 0.563. The van der Waals surface area contributed by atoms with Crippen LogP contribution >= 0.6 is 28.3 Å². The van der Waals surface area contributed by atoms with Crippen LogP contribution in [0, 0.1) is 5.82 Å². The summed E-state index contributed by atoms with van der Waals surface area (Å²) in [4.78, 5) is 4.31.